The lowest BCUT2D eigenvalue weighted by Crippen LogP contribution is -1.95. The topological polar surface area (TPSA) is 49.6 Å². The summed E-state index contributed by atoms with van der Waals surface area (Å²) >= 11 is 0. The number of nitrogens with zero attached hydrogens (tertiary/aromatic N) is 3. The molecular weight excluding hydrogens is 162 g/mol. The van der Waals surface area contributed by atoms with Crippen LogP contribution in [-0.2, 0) is 0 Å². The van der Waals surface area contributed by atoms with Gasteiger partial charge in [0.1, 0.15) is 6.07 Å². The summed E-state index contributed by atoms with van der Waals surface area (Å²) < 4.78 is 0. The zero-order valence-corrected chi connectivity index (χ0v) is 8.57. The van der Waals surface area contributed by atoms with Gasteiger partial charge in [-0.2, -0.15) is 5.26 Å². The largest absolute Gasteiger partial charge is 0.260 e. The zero-order valence-electron chi connectivity index (χ0n) is 8.57. The highest BCUT2D eigenvalue weighted by atomic mass is 14.8. The second kappa shape index (κ2) is 6.13. The van der Waals surface area contributed by atoms with Gasteiger partial charge in [-0.05, 0) is 5.92 Å². The number of nitriles is 1. The molecule has 0 saturated heterocycles. The van der Waals surface area contributed by atoms with Gasteiger partial charge in [-0.15, -0.1) is 0 Å². The molecule has 3 heteroatoms. The Morgan fingerprint density at radius 3 is 2.38 bits per heavy atom. The molecule has 0 amide bonds. The molecule has 0 N–H and O–H groups in total. The van der Waals surface area contributed by atoms with Gasteiger partial charge in [-0.3, -0.25) is 4.98 Å². The van der Waals surface area contributed by atoms with E-state index < -0.39 is 0 Å². The van der Waals surface area contributed by atoms with Crippen LogP contribution in [-0.4, -0.2) is 9.97 Å². The minimum atomic E-state index is 0.329. The highest BCUT2D eigenvalue weighted by Crippen LogP contribution is 2.08. The molecule has 0 aliphatic rings. The first-order valence-electron chi connectivity index (χ1n) is 4.46. The molecule has 0 radical (unpaired) electrons. The fourth-order valence-corrected chi connectivity index (χ4v) is 0.713. The Morgan fingerprint density at radius 1 is 1.31 bits per heavy atom. The van der Waals surface area contributed by atoms with Crippen molar-refractivity contribution in [2.75, 3.05) is 0 Å². The van der Waals surface area contributed by atoms with E-state index in [2.05, 4.69) is 9.97 Å². The van der Waals surface area contributed by atoms with Gasteiger partial charge in [0.25, 0.3) is 0 Å². The van der Waals surface area contributed by atoms with Crippen molar-refractivity contribution in [3.05, 3.63) is 23.8 Å². The van der Waals surface area contributed by atoms with Gasteiger partial charge in [0.05, 0.1) is 11.9 Å². The molecule has 1 heterocycles. The summed E-state index contributed by atoms with van der Waals surface area (Å²) in [6, 6.07) is 1.95. The highest BCUT2D eigenvalue weighted by molar-refractivity contribution is 5.18. The minimum Gasteiger partial charge on any atom is -0.260 e. The third-order valence-electron chi connectivity index (χ3n) is 1.36. The molecule has 1 rings (SSSR count). The molecule has 0 unspecified atom stereocenters. The van der Waals surface area contributed by atoms with Gasteiger partial charge in [-0.25, -0.2) is 4.98 Å². The Kier molecular flexibility index (Phi) is 5.45. The molecule has 0 aromatic carbocycles. The summed E-state index contributed by atoms with van der Waals surface area (Å²) in [6.45, 7) is 8.04. The summed E-state index contributed by atoms with van der Waals surface area (Å²) in [5, 5.41) is 8.49. The fourth-order valence-electron chi connectivity index (χ4n) is 0.713. The minimum absolute atomic E-state index is 0.329. The molecule has 3 nitrogen and oxygen atoms in total. The quantitative estimate of drug-likeness (QED) is 0.662. The van der Waals surface area contributed by atoms with Crippen LogP contribution in [0.5, 0.6) is 0 Å². The molecule has 0 bridgehead atoms. The van der Waals surface area contributed by atoms with E-state index in [-0.39, 0.29) is 0 Å². The van der Waals surface area contributed by atoms with E-state index in [1.54, 1.807) is 6.20 Å². The van der Waals surface area contributed by atoms with Gasteiger partial charge in [0.15, 0.2) is 5.69 Å². The maximum absolute atomic E-state index is 8.49. The van der Waals surface area contributed by atoms with Crippen LogP contribution >= 0.6 is 0 Å². The SMILES string of the molecule is CC.CC(C)c1cncc(C#N)n1. The van der Waals surface area contributed by atoms with Crippen molar-refractivity contribution in [1.29, 1.82) is 5.26 Å². The third-order valence-corrected chi connectivity index (χ3v) is 1.36. The number of hydrogen-bond donors (Lipinski definition) is 0. The first kappa shape index (κ1) is 11.6. The molecule has 1 aromatic heterocycles. The van der Waals surface area contributed by atoms with Crippen LogP contribution in [0.25, 0.3) is 0 Å². The van der Waals surface area contributed by atoms with Crippen molar-refractivity contribution in [3.63, 3.8) is 0 Å². The maximum atomic E-state index is 8.49. The van der Waals surface area contributed by atoms with E-state index in [0.717, 1.165) is 5.69 Å². The first-order chi connectivity index (χ1) is 6.24. The van der Waals surface area contributed by atoms with Crippen molar-refractivity contribution in [2.24, 2.45) is 0 Å². The fraction of sp³-hybridized carbons (Fsp3) is 0.500. The van der Waals surface area contributed by atoms with Crippen LogP contribution in [0.2, 0.25) is 0 Å². The molecule has 0 aliphatic heterocycles. The van der Waals surface area contributed by atoms with Gasteiger partial charge in [0, 0.05) is 6.20 Å². The van der Waals surface area contributed by atoms with Gasteiger partial charge in [0.2, 0.25) is 0 Å². The first-order valence-corrected chi connectivity index (χ1v) is 4.46. The van der Waals surface area contributed by atoms with Crippen molar-refractivity contribution in [3.8, 4) is 6.07 Å². The van der Waals surface area contributed by atoms with E-state index in [1.165, 1.54) is 6.20 Å². The predicted molar refractivity (Wildman–Crippen MR) is 52.2 cm³/mol. The second-order valence-electron chi connectivity index (χ2n) is 2.60. The van der Waals surface area contributed by atoms with Gasteiger partial charge >= 0.3 is 0 Å². The number of aromatic nitrogens is 2. The lowest BCUT2D eigenvalue weighted by Gasteiger charge is -2.01. The van der Waals surface area contributed by atoms with Crippen LogP contribution in [0.15, 0.2) is 12.4 Å². The van der Waals surface area contributed by atoms with E-state index in [4.69, 9.17) is 5.26 Å². The molecule has 0 fully saturated rings. The van der Waals surface area contributed by atoms with Crippen molar-refractivity contribution in [1.82, 2.24) is 9.97 Å². The summed E-state index contributed by atoms with van der Waals surface area (Å²) in [6.07, 6.45) is 3.15. The summed E-state index contributed by atoms with van der Waals surface area (Å²) in [4.78, 5) is 7.96. The summed E-state index contributed by atoms with van der Waals surface area (Å²) in [5.41, 5.74) is 1.25. The Labute approximate surface area is 79.5 Å². The van der Waals surface area contributed by atoms with Crippen LogP contribution in [0.1, 0.15) is 45.0 Å². The van der Waals surface area contributed by atoms with E-state index in [1.807, 2.05) is 33.8 Å². The lowest BCUT2D eigenvalue weighted by molar-refractivity contribution is 0.808. The maximum Gasteiger partial charge on any atom is 0.159 e. The monoisotopic (exact) mass is 177 g/mol. The van der Waals surface area contributed by atoms with Crippen molar-refractivity contribution in [2.45, 2.75) is 33.6 Å². The lowest BCUT2D eigenvalue weighted by atomic mass is 10.1. The average Bonchev–Trinajstić information content (AvgIpc) is 2.21. The Hall–Kier alpha value is -1.43. The number of rotatable bonds is 1. The Bertz CT molecular complexity index is 286. The highest BCUT2D eigenvalue weighted by Gasteiger charge is 2.01. The van der Waals surface area contributed by atoms with Gasteiger partial charge < -0.3 is 0 Å². The van der Waals surface area contributed by atoms with Crippen LogP contribution < -0.4 is 0 Å². The Balaban J connectivity index is 0.000000671. The van der Waals surface area contributed by atoms with Gasteiger partial charge in [-0.1, -0.05) is 27.7 Å². The van der Waals surface area contributed by atoms with Crippen LogP contribution in [0, 0.1) is 11.3 Å². The van der Waals surface area contributed by atoms with Crippen molar-refractivity contribution >= 4 is 0 Å². The molecule has 1 aromatic rings. The molecule has 0 saturated carbocycles. The third kappa shape index (κ3) is 3.66. The normalized spacial score (nSPS) is 8.62. The van der Waals surface area contributed by atoms with E-state index in [0.29, 0.717) is 11.6 Å². The summed E-state index contributed by atoms with van der Waals surface area (Å²) in [7, 11) is 0. The molecule has 0 atom stereocenters. The van der Waals surface area contributed by atoms with Crippen LogP contribution in [0.4, 0.5) is 0 Å². The second-order valence-corrected chi connectivity index (χ2v) is 2.60. The molecule has 13 heavy (non-hydrogen) atoms. The smallest absolute Gasteiger partial charge is 0.159 e. The van der Waals surface area contributed by atoms with Crippen LogP contribution in [0.3, 0.4) is 0 Å². The Morgan fingerprint density at radius 2 is 1.92 bits per heavy atom. The molecule has 0 aliphatic carbocycles. The predicted octanol–water partition coefficient (Wildman–Crippen LogP) is 2.50. The number of hydrogen-bond acceptors (Lipinski definition) is 3. The van der Waals surface area contributed by atoms with E-state index >= 15 is 0 Å². The zero-order chi connectivity index (χ0) is 10.3. The average molecular weight is 177 g/mol. The van der Waals surface area contributed by atoms with Crippen molar-refractivity contribution < 1.29 is 0 Å². The standard InChI is InChI=1S/C8H9N3.C2H6/c1-6(2)8-5-10-4-7(3-9)11-8;1-2/h4-6H,1-2H3;1-2H3. The summed E-state index contributed by atoms with van der Waals surface area (Å²) in [5.74, 6) is 0.329. The molecular formula is C10H15N3. The molecule has 70 valence electrons. The molecule has 0 spiro atoms. The van der Waals surface area contributed by atoms with E-state index in [9.17, 15) is 0 Å².